The minimum absolute atomic E-state index is 0.00161. The van der Waals surface area contributed by atoms with Gasteiger partial charge in [0.2, 0.25) is 5.91 Å². The number of carbonyl (C=O) groups is 2. The van der Waals surface area contributed by atoms with E-state index in [0.29, 0.717) is 24.5 Å². The molecule has 2 atom stereocenters. The Morgan fingerprint density at radius 1 is 0.917 bits per heavy atom. The van der Waals surface area contributed by atoms with Crippen molar-refractivity contribution in [1.29, 1.82) is 0 Å². The van der Waals surface area contributed by atoms with Crippen LogP contribution in [0.25, 0.3) is 0 Å². The highest BCUT2D eigenvalue weighted by Crippen LogP contribution is 2.20. The van der Waals surface area contributed by atoms with Crippen LogP contribution in [0.3, 0.4) is 0 Å². The van der Waals surface area contributed by atoms with Crippen molar-refractivity contribution >= 4 is 11.8 Å². The lowest BCUT2D eigenvalue weighted by atomic mass is 10.0. The van der Waals surface area contributed by atoms with Crippen LogP contribution in [0.1, 0.15) is 37.0 Å². The van der Waals surface area contributed by atoms with Gasteiger partial charge in [-0.15, -0.1) is 0 Å². The van der Waals surface area contributed by atoms with Crippen molar-refractivity contribution in [1.82, 2.24) is 10.2 Å². The molecule has 0 aromatic heterocycles. The molecule has 6 heteroatoms. The smallest absolute Gasteiger partial charge is 0.261 e. The van der Waals surface area contributed by atoms with Gasteiger partial charge in [-0.05, 0) is 61.2 Å². The van der Waals surface area contributed by atoms with Crippen molar-refractivity contribution < 1.29 is 19.1 Å². The zero-order chi connectivity index (χ0) is 25.9. The average Bonchev–Trinajstić information content (AvgIpc) is 2.91. The first kappa shape index (κ1) is 26.8. The van der Waals surface area contributed by atoms with Crippen LogP contribution in [0.4, 0.5) is 0 Å². The van der Waals surface area contributed by atoms with Gasteiger partial charge in [0.15, 0.2) is 6.61 Å². The second kappa shape index (κ2) is 13.3. The van der Waals surface area contributed by atoms with Gasteiger partial charge in [0.25, 0.3) is 5.91 Å². The normalized spacial score (nSPS) is 12.3. The van der Waals surface area contributed by atoms with Crippen LogP contribution < -0.4 is 14.8 Å². The summed E-state index contributed by atoms with van der Waals surface area (Å²) >= 11 is 0. The maximum atomic E-state index is 13.6. The molecule has 1 N–H and O–H groups in total. The first-order chi connectivity index (χ1) is 17.4. The zero-order valence-electron chi connectivity index (χ0n) is 21.6. The molecule has 0 aliphatic rings. The van der Waals surface area contributed by atoms with Gasteiger partial charge in [0.1, 0.15) is 17.5 Å². The highest BCUT2D eigenvalue weighted by Gasteiger charge is 2.31. The number of ether oxygens (including phenoxy) is 2. The molecule has 36 heavy (non-hydrogen) atoms. The molecule has 0 fully saturated rings. The highest BCUT2D eigenvalue weighted by molar-refractivity contribution is 5.88. The topological polar surface area (TPSA) is 67.9 Å². The minimum atomic E-state index is -0.687. The van der Waals surface area contributed by atoms with Gasteiger partial charge in [-0.3, -0.25) is 9.59 Å². The fraction of sp³-hybridized carbons (Fsp3) is 0.333. The second-order valence-electron chi connectivity index (χ2n) is 8.94. The van der Waals surface area contributed by atoms with Crippen LogP contribution >= 0.6 is 0 Å². The van der Waals surface area contributed by atoms with Gasteiger partial charge >= 0.3 is 0 Å². The van der Waals surface area contributed by atoms with E-state index in [-0.39, 0.29) is 24.5 Å². The van der Waals surface area contributed by atoms with Gasteiger partial charge in [-0.2, -0.15) is 0 Å². The molecule has 3 rings (SSSR count). The molecule has 0 aliphatic heterocycles. The summed E-state index contributed by atoms with van der Waals surface area (Å²) in [5, 5.41) is 3.08. The number of aryl methyl sites for hydroxylation is 1. The lowest BCUT2D eigenvalue weighted by Gasteiger charge is -2.32. The van der Waals surface area contributed by atoms with Crippen molar-refractivity contribution in [2.45, 2.75) is 52.2 Å². The molecule has 6 nitrogen and oxygen atoms in total. The fourth-order valence-corrected chi connectivity index (χ4v) is 3.87. The van der Waals surface area contributed by atoms with E-state index in [2.05, 4.69) is 5.32 Å². The third kappa shape index (κ3) is 7.60. The first-order valence-electron chi connectivity index (χ1n) is 12.4. The summed E-state index contributed by atoms with van der Waals surface area (Å²) in [6.45, 7) is 6.13. The fourth-order valence-electron chi connectivity index (χ4n) is 3.87. The maximum Gasteiger partial charge on any atom is 0.261 e. The molecular weight excluding hydrogens is 452 g/mol. The lowest BCUT2D eigenvalue weighted by molar-refractivity contribution is -0.143. The molecule has 0 bridgehead atoms. The Kier molecular flexibility index (Phi) is 9.92. The quantitative estimate of drug-likeness (QED) is 0.392. The number of nitrogens with zero attached hydrogens (tertiary/aromatic N) is 1. The summed E-state index contributed by atoms with van der Waals surface area (Å²) in [6, 6.07) is 24.1. The largest absolute Gasteiger partial charge is 0.497 e. The molecule has 0 saturated heterocycles. The van der Waals surface area contributed by atoms with Crippen LogP contribution in [0, 0.1) is 6.92 Å². The van der Waals surface area contributed by atoms with E-state index in [4.69, 9.17) is 9.47 Å². The Bertz CT molecular complexity index is 1120. The molecule has 190 valence electrons. The van der Waals surface area contributed by atoms with E-state index in [0.717, 1.165) is 23.1 Å². The molecule has 0 aliphatic carbocycles. The molecular formula is C30H36N2O4. The number of benzene rings is 3. The number of hydrogen-bond acceptors (Lipinski definition) is 4. The van der Waals surface area contributed by atoms with Gasteiger partial charge in [-0.1, -0.05) is 61.5 Å². The lowest BCUT2D eigenvalue weighted by Crippen LogP contribution is -2.53. The molecule has 0 spiro atoms. The van der Waals surface area contributed by atoms with Crippen molar-refractivity contribution in [2.75, 3.05) is 13.7 Å². The predicted octanol–water partition coefficient (Wildman–Crippen LogP) is 4.94. The van der Waals surface area contributed by atoms with Crippen molar-refractivity contribution in [3.63, 3.8) is 0 Å². The van der Waals surface area contributed by atoms with E-state index in [9.17, 15) is 9.59 Å². The zero-order valence-corrected chi connectivity index (χ0v) is 21.6. The number of rotatable bonds is 12. The monoisotopic (exact) mass is 488 g/mol. The molecule has 0 radical (unpaired) electrons. The van der Waals surface area contributed by atoms with Crippen molar-refractivity contribution in [3.8, 4) is 11.5 Å². The Balaban J connectivity index is 1.90. The Hall–Kier alpha value is -3.80. The van der Waals surface area contributed by atoms with E-state index in [1.165, 1.54) is 0 Å². The van der Waals surface area contributed by atoms with Crippen LogP contribution in [0.2, 0.25) is 0 Å². The third-order valence-corrected chi connectivity index (χ3v) is 6.30. The van der Waals surface area contributed by atoms with E-state index >= 15 is 0 Å². The molecule has 3 aromatic rings. The summed E-state index contributed by atoms with van der Waals surface area (Å²) < 4.78 is 11.0. The SMILES string of the molecule is CC[C@H](C)NC(=O)[C@@H](Cc1ccccc1)N(Cc1ccccc1C)C(=O)COc1ccc(OC)cc1. The first-order valence-corrected chi connectivity index (χ1v) is 12.4. The van der Waals surface area contributed by atoms with Gasteiger partial charge < -0.3 is 19.7 Å². The second-order valence-corrected chi connectivity index (χ2v) is 8.94. The van der Waals surface area contributed by atoms with E-state index in [1.54, 1.807) is 36.3 Å². The summed E-state index contributed by atoms with van der Waals surface area (Å²) in [7, 11) is 1.60. The molecule has 3 aromatic carbocycles. The Morgan fingerprint density at radius 3 is 2.19 bits per heavy atom. The Morgan fingerprint density at radius 2 is 1.56 bits per heavy atom. The van der Waals surface area contributed by atoms with Gasteiger partial charge in [0, 0.05) is 19.0 Å². The van der Waals surface area contributed by atoms with Gasteiger partial charge in [-0.25, -0.2) is 0 Å². The number of carbonyl (C=O) groups excluding carboxylic acids is 2. The summed E-state index contributed by atoms with van der Waals surface area (Å²) in [5.41, 5.74) is 3.04. The van der Waals surface area contributed by atoms with Gasteiger partial charge in [0.05, 0.1) is 7.11 Å². The van der Waals surface area contributed by atoms with Crippen LogP contribution in [-0.2, 0) is 22.6 Å². The van der Waals surface area contributed by atoms with Crippen LogP contribution in [-0.4, -0.2) is 42.5 Å². The van der Waals surface area contributed by atoms with Crippen LogP contribution in [0.5, 0.6) is 11.5 Å². The minimum Gasteiger partial charge on any atom is -0.497 e. The standard InChI is InChI=1S/C30H36N2O4/c1-5-23(3)31-30(34)28(19-24-12-7-6-8-13-24)32(20-25-14-10-9-11-22(25)2)29(33)21-36-27-17-15-26(35-4)16-18-27/h6-18,23,28H,5,19-21H2,1-4H3,(H,31,34)/t23-,28+/m0/s1. The van der Waals surface area contributed by atoms with E-state index in [1.807, 2.05) is 75.4 Å². The molecule has 2 amide bonds. The molecule has 0 saturated carbocycles. The van der Waals surface area contributed by atoms with Crippen molar-refractivity contribution in [2.24, 2.45) is 0 Å². The molecule has 0 heterocycles. The summed E-state index contributed by atoms with van der Waals surface area (Å²) in [6.07, 6.45) is 1.21. The Labute approximate surface area is 214 Å². The highest BCUT2D eigenvalue weighted by atomic mass is 16.5. The maximum absolute atomic E-state index is 13.6. The number of nitrogens with one attached hydrogen (secondary N) is 1. The molecule has 0 unspecified atom stereocenters. The number of hydrogen-bond donors (Lipinski definition) is 1. The predicted molar refractivity (Wildman–Crippen MR) is 142 cm³/mol. The number of amides is 2. The summed E-state index contributed by atoms with van der Waals surface area (Å²) in [4.78, 5) is 28.8. The van der Waals surface area contributed by atoms with Crippen molar-refractivity contribution in [3.05, 3.63) is 95.6 Å². The third-order valence-electron chi connectivity index (χ3n) is 6.30. The summed E-state index contributed by atoms with van der Waals surface area (Å²) in [5.74, 6) is 0.844. The average molecular weight is 489 g/mol. The van der Waals surface area contributed by atoms with E-state index < -0.39 is 6.04 Å². The number of methoxy groups -OCH3 is 1. The van der Waals surface area contributed by atoms with Crippen LogP contribution in [0.15, 0.2) is 78.9 Å².